The van der Waals surface area contributed by atoms with Gasteiger partial charge in [0.15, 0.2) is 0 Å². The van der Waals surface area contributed by atoms with Gasteiger partial charge >= 0.3 is 75.6 Å². The van der Waals surface area contributed by atoms with Crippen LogP contribution < -0.4 is 2.81 Å². The standard InChI is InChI=1S/C6H4F.Na.H2O4S/c7-6-4-2-1-3-5-6;;1-5(2,3)4/h2-5H;;(H2,1,2,3,4). The van der Waals surface area contributed by atoms with E-state index in [2.05, 4.69) is 0 Å². The topological polar surface area (TPSA) is 74.6 Å². The summed E-state index contributed by atoms with van der Waals surface area (Å²) < 4.78 is 44.9. The van der Waals surface area contributed by atoms with E-state index in [0.29, 0.717) is 0 Å². The zero-order valence-electron chi connectivity index (χ0n) is 6.81. The van der Waals surface area contributed by atoms with Crippen LogP contribution >= 0.6 is 0 Å². The molecule has 1 aromatic carbocycles. The molecule has 0 spiro atoms. The van der Waals surface area contributed by atoms with Gasteiger partial charge in [0.05, 0.1) is 0 Å². The Morgan fingerprint density at radius 1 is 1.15 bits per heavy atom. The van der Waals surface area contributed by atoms with Crippen LogP contribution in [0, 0.1) is 5.82 Å². The summed E-state index contributed by atoms with van der Waals surface area (Å²) in [6.45, 7) is 0. The van der Waals surface area contributed by atoms with Crippen molar-refractivity contribution < 1.29 is 21.9 Å². The van der Waals surface area contributed by atoms with Gasteiger partial charge in [0.1, 0.15) is 0 Å². The Hall–Kier alpha value is 0.0200. The summed E-state index contributed by atoms with van der Waals surface area (Å²) in [5.41, 5.74) is 0. The second kappa shape index (κ2) is 5.69. The van der Waals surface area contributed by atoms with Gasteiger partial charge in [-0.15, -0.1) is 0 Å². The molecule has 0 atom stereocenters. The average molecular weight is 216 g/mol. The Labute approximate surface area is 92.8 Å². The van der Waals surface area contributed by atoms with Gasteiger partial charge in [-0.3, -0.25) is 9.11 Å². The van der Waals surface area contributed by atoms with Crippen LogP contribution in [0.25, 0.3) is 0 Å². The molecule has 0 radical (unpaired) electrons. The maximum absolute atomic E-state index is 12.1. The Balaban J connectivity index is 0.000000252. The van der Waals surface area contributed by atoms with Gasteiger partial charge in [0.2, 0.25) is 0 Å². The number of rotatable bonds is 0. The summed E-state index contributed by atoms with van der Waals surface area (Å²) in [5.74, 6) is -0.149. The third kappa shape index (κ3) is 12.0. The Morgan fingerprint density at radius 2 is 1.46 bits per heavy atom. The fourth-order valence-corrected chi connectivity index (χ4v) is 0.867. The number of halogens is 1. The molecule has 1 rings (SSSR count). The molecule has 0 amide bonds. The Kier molecular flexibility index (Phi) is 5.70. The van der Waals surface area contributed by atoms with E-state index >= 15 is 0 Å². The molecule has 68 valence electrons. The number of benzene rings is 1. The van der Waals surface area contributed by atoms with E-state index in [-0.39, 0.29) is 5.82 Å². The van der Waals surface area contributed by atoms with Gasteiger partial charge in [0.25, 0.3) is 0 Å². The SMILES string of the molecule is Fc1cc[c]([Na])cc1.O=S(=O)(O)O. The van der Waals surface area contributed by atoms with Crippen molar-refractivity contribution in [3.8, 4) is 0 Å². The van der Waals surface area contributed by atoms with E-state index in [1.807, 2.05) is 12.1 Å². The minimum absolute atomic E-state index is 0.149. The fourth-order valence-electron chi connectivity index (χ4n) is 0.533. The van der Waals surface area contributed by atoms with Gasteiger partial charge < -0.3 is 0 Å². The molecule has 0 heterocycles. The third-order valence-electron chi connectivity index (χ3n) is 1.01. The quantitative estimate of drug-likeness (QED) is 0.471. The van der Waals surface area contributed by atoms with E-state index in [0.717, 1.165) is 27.9 Å². The molecular weight excluding hydrogens is 210 g/mol. The van der Waals surface area contributed by atoms with Crippen LogP contribution in [0.4, 0.5) is 4.39 Å². The Bertz CT molecular complexity index is 318. The number of hydrogen-bond donors (Lipinski definition) is 2. The Morgan fingerprint density at radius 3 is 1.69 bits per heavy atom. The maximum Gasteiger partial charge on any atom is 0.394 e. The average Bonchev–Trinajstić information content (AvgIpc) is 1.92. The molecule has 0 saturated carbocycles. The van der Waals surface area contributed by atoms with Gasteiger partial charge in [-0.25, -0.2) is 0 Å². The van der Waals surface area contributed by atoms with Crippen LogP contribution in [0.5, 0.6) is 0 Å². The molecule has 13 heavy (non-hydrogen) atoms. The summed E-state index contributed by atoms with van der Waals surface area (Å²) >= 11 is 1.00. The predicted molar refractivity (Wildman–Crippen MR) is 46.0 cm³/mol. The summed E-state index contributed by atoms with van der Waals surface area (Å²) in [6.07, 6.45) is 0. The summed E-state index contributed by atoms with van der Waals surface area (Å²) in [6, 6.07) is 6.59. The first-order chi connectivity index (χ1) is 5.79. The first-order valence-corrected chi connectivity index (χ1v) is 5.61. The summed E-state index contributed by atoms with van der Waals surface area (Å²) in [5, 5.41) is 0. The molecule has 4 nitrogen and oxygen atoms in total. The monoisotopic (exact) mass is 216 g/mol. The predicted octanol–water partition coefficient (Wildman–Crippen LogP) is -0.0333. The second-order valence-corrected chi connectivity index (χ2v) is 4.29. The second-order valence-electron chi connectivity index (χ2n) is 2.24. The van der Waals surface area contributed by atoms with Crippen molar-refractivity contribution in [3.63, 3.8) is 0 Å². The van der Waals surface area contributed by atoms with Gasteiger partial charge in [0, 0.05) is 0 Å². The molecule has 2 N–H and O–H groups in total. The van der Waals surface area contributed by atoms with Crippen molar-refractivity contribution in [2.75, 3.05) is 0 Å². The van der Waals surface area contributed by atoms with Crippen LogP contribution in [0.2, 0.25) is 0 Å². The summed E-state index contributed by atoms with van der Waals surface area (Å²) in [7, 11) is -4.67. The zero-order chi connectivity index (χ0) is 10.5. The van der Waals surface area contributed by atoms with Crippen LogP contribution in [0.15, 0.2) is 24.3 Å². The van der Waals surface area contributed by atoms with Crippen LogP contribution in [0.3, 0.4) is 0 Å². The molecule has 0 bridgehead atoms. The van der Waals surface area contributed by atoms with Crippen LogP contribution in [-0.2, 0) is 10.4 Å². The normalized spacial score (nSPS) is 10.2. The van der Waals surface area contributed by atoms with E-state index in [1.165, 1.54) is 14.9 Å². The van der Waals surface area contributed by atoms with Gasteiger partial charge in [-0.2, -0.15) is 8.42 Å². The third-order valence-corrected chi connectivity index (χ3v) is 1.68. The molecule has 0 unspecified atom stereocenters. The summed E-state index contributed by atoms with van der Waals surface area (Å²) in [4.78, 5) is 0. The molecular formula is C6H6FNaO4S. The van der Waals surface area contributed by atoms with E-state index < -0.39 is 10.4 Å². The number of hydrogen-bond acceptors (Lipinski definition) is 2. The fraction of sp³-hybridized carbons (Fsp3) is 0. The zero-order valence-corrected chi connectivity index (χ0v) is 9.62. The molecule has 0 saturated heterocycles. The van der Waals surface area contributed by atoms with Crippen LogP contribution in [-0.4, -0.2) is 45.5 Å². The molecule has 1 aromatic rings. The minimum Gasteiger partial charge on any atom is -0.264 e. The smallest absolute Gasteiger partial charge is 0.264 e. The van der Waals surface area contributed by atoms with E-state index in [4.69, 9.17) is 17.5 Å². The van der Waals surface area contributed by atoms with Crippen LogP contribution in [0.1, 0.15) is 0 Å². The van der Waals surface area contributed by atoms with Crippen molar-refractivity contribution in [3.05, 3.63) is 30.1 Å². The minimum atomic E-state index is -4.67. The molecule has 0 aliphatic heterocycles. The first kappa shape index (κ1) is 13.0. The molecule has 7 heteroatoms. The van der Waals surface area contributed by atoms with Crippen molar-refractivity contribution in [2.24, 2.45) is 0 Å². The van der Waals surface area contributed by atoms with Gasteiger partial charge in [-0.05, 0) is 0 Å². The van der Waals surface area contributed by atoms with Crippen molar-refractivity contribution in [1.82, 2.24) is 0 Å². The van der Waals surface area contributed by atoms with Crippen molar-refractivity contribution >= 4 is 41.1 Å². The first-order valence-electron chi connectivity index (χ1n) is 3.21. The van der Waals surface area contributed by atoms with Crippen molar-refractivity contribution in [2.45, 2.75) is 0 Å². The molecule has 0 aromatic heterocycles. The van der Waals surface area contributed by atoms with E-state index in [9.17, 15) is 4.39 Å². The van der Waals surface area contributed by atoms with Gasteiger partial charge in [-0.1, -0.05) is 0 Å². The maximum atomic E-state index is 12.1. The molecule has 0 aliphatic carbocycles. The molecule has 0 fully saturated rings. The van der Waals surface area contributed by atoms with E-state index in [1.54, 1.807) is 0 Å². The van der Waals surface area contributed by atoms with Crippen molar-refractivity contribution in [1.29, 1.82) is 0 Å². The molecule has 0 aliphatic rings. The largest absolute Gasteiger partial charge is 0.394 e.